The van der Waals surface area contributed by atoms with Crippen LogP contribution in [0.4, 0.5) is 0 Å². The lowest BCUT2D eigenvalue weighted by molar-refractivity contribution is 0.00186. The molecule has 3 fully saturated rings. The average Bonchev–Trinajstić information content (AvgIpc) is 2.73. The van der Waals surface area contributed by atoms with Crippen molar-refractivity contribution in [1.82, 2.24) is 5.32 Å². The van der Waals surface area contributed by atoms with Gasteiger partial charge < -0.3 is 20.7 Å². The molecule has 0 spiro atoms. The Bertz CT molecular complexity index is 638. The molecule has 28 heavy (non-hydrogen) atoms. The molecule has 1 atom stereocenters. The summed E-state index contributed by atoms with van der Waals surface area (Å²) in [5, 5.41) is 11.8. The first-order valence-electron chi connectivity index (χ1n) is 10.8. The van der Waals surface area contributed by atoms with Gasteiger partial charge in [0, 0.05) is 5.56 Å². The third-order valence-electron chi connectivity index (χ3n) is 7.53. The van der Waals surface area contributed by atoms with Crippen LogP contribution in [0, 0.1) is 11.3 Å². The lowest BCUT2D eigenvalue weighted by Gasteiger charge is -2.56. The Morgan fingerprint density at radius 2 is 1.79 bits per heavy atom. The van der Waals surface area contributed by atoms with Crippen LogP contribution in [0.2, 0.25) is 0 Å². The lowest BCUT2D eigenvalue weighted by atomic mass is 9.49. The number of fused-ring (bicyclic) bond motifs is 3. The van der Waals surface area contributed by atoms with Crippen LogP contribution in [0.3, 0.4) is 0 Å². The topological polar surface area (TPSA) is 84.6 Å². The summed E-state index contributed by atoms with van der Waals surface area (Å²) in [4.78, 5) is 12.6. The first-order chi connectivity index (χ1) is 13.4. The van der Waals surface area contributed by atoms with Gasteiger partial charge >= 0.3 is 7.69 Å². The summed E-state index contributed by atoms with van der Waals surface area (Å²) < 4.78 is 5.19. The first kappa shape index (κ1) is 21.3. The molecule has 5 nitrogen and oxygen atoms in total. The standard InChI is InChI=1S/C22H35BN2O3/c1-16(2)21-9-12-22(13-10-21,14-11-21)18-7-5-17(6-8-18)20(26)25-19(28-23-27)4-3-15-24/h5-8,16,19,23,27H,3-4,9-15,24H2,1-2H3,(H,25,26)/t19-,21?,22?/m1/s1. The highest BCUT2D eigenvalue weighted by Gasteiger charge is 2.50. The maximum Gasteiger partial charge on any atom is 0.436 e. The predicted molar refractivity (Wildman–Crippen MR) is 113 cm³/mol. The summed E-state index contributed by atoms with van der Waals surface area (Å²) in [6.45, 7) is 5.29. The van der Waals surface area contributed by atoms with Gasteiger partial charge in [-0.3, -0.25) is 4.79 Å². The summed E-state index contributed by atoms with van der Waals surface area (Å²) in [7, 11) is -0.422. The Balaban J connectivity index is 1.64. The van der Waals surface area contributed by atoms with Gasteiger partial charge in [-0.25, -0.2) is 0 Å². The quantitative estimate of drug-likeness (QED) is 0.450. The van der Waals surface area contributed by atoms with Crippen molar-refractivity contribution < 1.29 is 14.5 Å². The van der Waals surface area contributed by atoms with Crippen molar-refractivity contribution >= 4 is 13.6 Å². The molecule has 2 bridgehead atoms. The van der Waals surface area contributed by atoms with Gasteiger partial charge in [-0.2, -0.15) is 0 Å². The van der Waals surface area contributed by atoms with E-state index in [1.54, 1.807) is 0 Å². The van der Waals surface area contributed by atoms with Crippen LogP contribution < -0.4 is 11.1 Å². The zero-order valence-corrected chi connectivity index (χ0v) is 17.4. The molecule has 0 saturated heterocycles. The van der Waals surface area contributed by atoms with Crippen molar-refractivity contribution in [3.05, 3.63) is 35.4 Å². The second-order valence-corrected chi connectivity index (χ2v) is 9.06. The number of nitrogens with two attached hydrogens (primary N) is 1. The van der Waals surface area contributed by atoms with E-state index < -0.39 is 13.9 Å². The Morgan fingerprint density at radius 3 is 2.29 bits per heavy atom. The van der Waals surface area contributed by atoms with Crippen LogP contribution in [0.15, 0.2) is 24.3 Å². The fourth-order valence-electron chi connectivity index (χ4n) is 5.31. The van der Waals surface area contributed by atoms with Gasteiger partial charge in [0.2, 0.25) is 0 Å². The Labute approximate surface area is 169 Å². The highest BCUT2D eigenvalue weighted by atomic mass is 16.5. The molecule has 154 valence electrons. The zero-order chi connectivity index (χ0) is 20.2. The monoisotopic (exact) mass is 386 g/mol. The molecule has 1 amide bonds. The number of nitrogens with one attached hydrogen (secondary N) is 1. The SMILES string of the molecule is CC(C)C12CCC(c3ccc(C(=O)N[C@@H](CCCN)OBO)cc3)(CC1)CC2. The summed E-state index contributed by atoms with van der Waals surface area (Å²) in [5.41, 5.74) is 8.40. The maximum atomic E-state index is 12.6. The fourth-order valence-corrected chi connectivity index (χ4v) is 5.31. The number of hydrogen-bond donors (Lipinski definition) is 3. The van der Waals surface area contributed by atoms with E-state index >= 15 is 0 Å². The summed E-state index contributed by atoms with van der Waals surface area (Å²) in [6.07, 6.45) is 8.58. The minimum absolute atomic E-state index is 0.175. The highest BCUT2D eigenvalue weighted by molar-refractivity contribution is 6.16. The molecule has 4 rings (SSSR count). The number of carbonyl (C=O) groups is 1. The number of amides is 1. The minimum atomic E-state index is -0.514. The number of hydrogen-bond acceptors (Lipinski definition) is 4. The van der Waals surface area contributed by atoms with Crippen LogP contribution in [-0.2, 0) is 10.1 Å². The van der Waals surface area contributed by atoms with Crippen molar-refractivity contribution in [3.63, 3.8) is 0 Å². The fraction of sp³-hybridized carbons (Fsp3) is 0.682. The molecular formula is C22H35BN2O3. The average molecular weight is 386 g/mol. The van der Waals surface area contributed by atoms with E-state index in [2.05, 4.69) is 31.3 Å². The molecule has 3 saturated carbocycles. The minimum Gasteiger partial charge on any atom is -0.430 e. The van der Waals surface area contributed by atoms with Gasteiger partial charge in [0.15, 0.2) is 0 Å². The molecule has 0 radical (unpaired) electrons. The summed E-state index contributed by atoms with van der Waals surface area (Å²) >= 11 is 0. The van der Waals surface area contributed by atoms with E-state index in [-0.39, 0.29) is 5.91 Å². The Morgan fingerprint density at radius 1 is 1.18 bits per heavy atom. The largest absolute Gasteiger partial charge is 0.436 e. The van der Waals surface area contributed by atoms with Gasteiger partial charge in [-0.15, -0.1) is 0 Å². The van der Waals surface area contributed by atoms with E-state index in [0.29, 0.717) is 29.4 Å². The van der Waals surface area contributed by atoms with E-state index in [1.165, 1.54) is 44.1 Å². The second kappa shape index (κ2) is 8.97. The lowest BCUT2D eigenvalue weighted by Crippen LogP contribution is -2.46. The molecule has 0 unspecified atom stereocenters. The third-order valence-corrected chi connectivity index (χ3v) is 7.53. The molecular weight excluding hydrogens is 351 g/mol. The summed E-state index contributed by atoms with van der Waals surface area (Å²) in [6, 6.07) is 8.14. The van der Waals surface area contributed by atoms with Gasteiger partial charge in [0.05, 0.1) is 0 Å². The third kappa shape index (κ3) is 4.29. The van der Waals surface area contributed by atoms with Crippen molar-refractivity contribution in [3.8, 4) is 0 Å². The molecule has 6 heteroatoms. The number of benzene rings is 1. The van der Waals surface area contributed by atoms with Gasteiger partial charge in [0.1, 0.15) is 6.23 Å². The molecule has 0 heterocycles. The van der Waals surface area contributed by atoms with Crippen molar-refractivity contribution in [1.29, 1.82) is 0 Å². The van der Waals surface area contributed by atoms with Crippen LogP contribution in [0.1, 0.15) is 81.1 Å². The van der Waals surface area contributed by atoms with Crippen LogP contribution in [-0.4, -0.2) is 31.4 Å². The molecule has 0 aromatic heterocycles. The molecule has 1 aromatic rings. The molecule has 3 aliphatic rings. The van der Waals surface area contributed by atoms with Gasteiger partial charge in [0.25, 0.3) is 5.91 Å². The maximum absolute atomic E-state index is 12.6. The van der Waals surface area contributed by atoms with Crippen LogP contribution in [0.5, 0.6) is 0 Å². The van der Waals surface area contributed by atoms with Gasteiger partial charge in [-0.1, -0.05) is 26.0 Å². The zero-order valence-electron chi connectivity index (χ0n) is 17.4. The van der Waals surface area contributed by atoms with E-state index in [1.807, 2.05) is 12.1 Å². The number of carbonyl (C=O) groups excluding carboxylic acids is 1. The Kier molecular flexibility index (Phi) is 6.84. The molecule has 0 aliphatic heterocycles. The van der Waals surface area contributed by atoms with Crippen molar-refractivity contribution in [2.24, 2.45) is 17.1 Å². The molecule has 4 N–H and O–H groups in total. The van der Waals surface area contributed by atoms with E-state index in [4.69, 9.17) is 15.4 Å². The molecule has 1 aromatic carbocycles. The van der Waals surface area contributed by atoms with Crippen LogP contribution in [0.25, 0.3) is 0 Å². The van der Waals surface area contributed by atoms with Crippen molar-refractivity contribution in [2.45, 2.75) is 76.9 Å². The van der Waals surface area contributed by atoms with E-state index in [0.717, 1.165) is 12.3 Å². The second-order valence-electron chi connectivity index (χ2n) is 9.06. The van der Waals surface area contributed by atoms with E-state index in [9.17, 15) is 4.79 Å². The normalized spacial score (nSPS) is 27.6. The first-order valence-corrected chi connectivity index (χ1v) is 10.8. The summed E-state index contributed by atoms with van der Waals surface area (Å²) in [5.74, 6) is 0.593. The highest BCUT2D eigenvalue weighted by Crippen LogP contribution is 2.60. The number of rotatable bonds is 9. The van der Waals surface area contributed by atoms with Crippen LogP contribution >= 0.6 is 0 Å². The van der Waals surface area contributed by atoms with Crippen molar-refractivity contribution in [2.75, 3.05) is 6.54 Å². The predicted octanol–water partition coefficient (Wildman–Crippen LogP) is 3.00. The van der Waals surface area contributed by atoms with Gasteiger partial charge in [-0.05, 0) is 92.4 Å². The Hall–Kier alpha value is -1.37. The smallest absolute Gasteiger partial charge is 0.430 e. The molecule has 3 aliphatic carbocycles.